The standard InChI is InChI=1S/C11H11N/c1-5-11-8(2)6-10(12-4)7-9(11)3/h5-7H,1H2,2-3H3. The first-order valence-electron chi connectivity index (χ1n) is 3.80. The minimum atomic E-state index is 0.704. The molecule has 0 aliphatic heterocycles. The summed E-state index contributed by atoms with van der Waals surface area (Å²) in [7, 11) is 0. The van der Waals surface area contributed by atoms with Crippen molar-refractivity contribution in [2.75, 3.05) is 0 Å². The molecule has 0 unspecified atom stereocenters. The van der Waals surface area contributed by atoms with E-state index in [1.165, 1.54) is 0 Å². The molecule has 1 aromatic rings. The van der Waals surface area contributed by atoms with Gasteiger partial charge in [-0.05, 0) is 19.4 Å². The summed E-state index contributed by atoms with van der Waals surface area (Å²) in [6.07, 6.45) is 1.83. The fourth-order valence-corrected chi connectivity index (χ4v) is 1.34. The van der Waals surface area contributed by atoms with Crippen molar-refractivity contribution in [1.82, 2.24) is 0 Å². The highest BCUT2D eigenvalue weighted by molar-refractivity contribution is 5.62. The minimum absolute atomic E-state index is 0.704. The van der Waals surface area contributed by atoms with Gasteiger partial charge in [0.2, 0.25) is 0 Å². The molecule has 0 radical (unpaired) electrons. The molecule has 0 heterocycles. The molecular formula is C11H11N. The van der Waals surface area contributed by atoms with Crippen LogP contribution in [0.2, 0.25) is 0 Å². The Bertz CT molecular complexity index is 333. The predicted molar refractivity (Wildman–Crippen MR) is 52.3 cm³/mol. The smallest absolute Gasteiger partial charge is 0.187 e. The van der Waals surface area contributed by atoms with E-state index in [9.17, 15) is 0 Å². The lowest BCUT2D eigenvalue weighted by molar-refractivity contribution is 1.36. The number of hydrogen-bond donors (Lipinski definition) is 0. The summed E-state index contributed by atoms with van der Waals surface area (Å²) in [6.45, 7) is 14.6. The Morgan fingerprint density at radius 2 is 1.83 bits per heavy atom. The highest BCUT2D eigenvalue weighted by Crippen LogP contribution is 2.22. The normalized spacial score (nSPS) is 9.08. The van der Waals surface area contributed by atoms with Crippen LogP contribution in [-0.4, -0.2) is 0 Å². The van der Waals surface area contributed by atoms with E-state index in [1.807, 2.05) is 32.1 Å². The van der Waals surface area contributed by atoms with Gasteiger partial charge in [0.25, 0.3) is 0 Å². The van der Waals surface area contributed by atoms with E-state index in [2.05, 4.69) is 11.4 Å². The van der Waals surface area contributed by atoms with Crippen LogP contribution in [0.25, 0.3) is 10.9 Å². The number of nitrogens with zero attached hydrogens (tertiary/aromatic N) is 1. The van der Waals surface area contributed by atoms with Crippen LogP contribution in [0.1, 0.15) is 16.7 Å². The molecule has 60 valence electrons. The molecule has 0 aliphatic rings. The molecule has 1 rings (SSSR count). The third kappa shape index (κ3) is 1.38. The Morgan fingerprint density at radius 1 is 1.33 bits per heavy atom. The van der Waals surface area contributed by atoms with Gasteiger partial charge in [0, 0.05) is 0 Å². The fraction of sp³-hybridized carbons (Fsp3) is 0.182. The van der Waals surface area contributed by atoms with Crippen molar-refractivity contribution >= 4 is 11.8 Å². The van der Waals surface area contributed by atoms with Crippen LogP contribution in [0.3, 0.4) is 0 Å². The van der Waals surface area contributed by atoms with E-state index in [1.54, 1.807) is 0 Å². The third-order valence-corrected chi connectivity index (χ3v) is 1.91. The van der Waals surface area contributed by atoms with Crippen molar-refractivity contribution in [2.24, 2.45) is 0 Å². The van der Waals surface area contributed by atoms with Gasteiger partial charge in [-0.15, -0.1) is 0 Å². The molecule has 0 atom stereocenters. The van der Waals surface area contributed by atoms with Crippen molar-refractivity contribution in [3.05, 3.63) is 46.8 Å². The van der Waals surface area contributed by atoms with E-state index in [-0.39, 0.29) is 0 Å². The summed E-state index contributed by atoms with van der Waals surface area (Å²) in [4.78, 5) is 3.38. The molecule has 0 saturated heterocycles. The first-order chi connectivity index (χ1) is 5.69. The lowest BCUT2D eigenvalue weighted by Crippen LogP contribution is -1.84. The predicted octanol–water partition coefficient (Wildman–Crippen LogP) is 3.50. The Labute approximate surface area is 73.2 Å². The van der Waals surface area contributed by atoms with Gasteiger partial charge in [-0.1, -0.05) is 35.9 Å². The van der Waals surface area contributed by atoms with Gasteiger partial charge in [0.15, 0.2) is 5.69 Å². The lowest BCUT2D eigenvalue weighted by atomic mass is 10.0. The van der Waals surface area contributed by atoms with Gasteiger partial charge in [-0.25, -0.2) is 4.85 Å². The molecule has 1 aromatic carbocycles. The van der Waals surface area contributed by atoms with Crippen molar-refractivity contribution in [2.45, 2.75) is 13.8 Å². The molecule has 12 heavy (non-hydrogen) atoms. The van der Waals surface area contributed by atoms with Gasteiger partial charge in [-0.2, -0.15) is 0 Å². The molecule has 0 saturated carbocycles. The van der Waals surface area contributed by atoms with Crippen LogP contribution in [0.4, 0.5) is 5.69 Å². The topological polar surface area (TPSA) is 4.36 Å². The largest absolute Gasteiger partial charge is 0.238 e. The minimum Gasteiger partial charge on any atom is -0.238 e. The maximum absolute atomic E-state index is 6.86. The number of aryl methyl sites for hydroxylation is 2. The second-order valence-corrected chi connectivity index (χ2v) is 2.81. The maximum atomic E-state index is 6.86. The Morgan fingerprint density at radius 3 is 2.17 bits per heavy atom. The molecule has 0 aromatic heterocycles. The molecule has 0 spiro atoms. The summed E-state index contributed by atoms with van der Waals surface area (Å²) in [6, 6.07) is 3.77. The summed E-state index contributed by atoms with van der Waals surface area (Å²) in [5.74, 6) is 0. The zero-order valence-corrected chi connectivity index (χ0v) is 7.39. The molecule has 0 aliphatic carbocycles. The molecule has 0 N–H and O–H groups in total. The third-order valence-electron chi connectivity index (χ3n) is 1.91. The Balaban J connectivity index is 3.39. The Hall–Kier alpha value is -1.55. The number of hydrogen-bond acceptors (Lipinski definition) is 0. The van der Waals surface area contributed by atoms with Gasteiger partial charge in [0.05, 0.1) is 6.57 Å². The molecule has 1 nitrogen and oxygen atoms in total. The summed E-state index contributed by atoms with van der Waals surface area (Å²) < 4.78 is 0. The average Bonchev–Trinajstić information content (AvgIpc) is 2.03. The fourth-order valence-electron chi connectivity index (χ4n) is 1.34. The molecule has 0 bridgehead atoms. The van der Waals surface area contributed by atoms with E-state index < -0.39 is 0 Å². The van der Waals surface area contributed by atoms with Crippen LogP contribution in [-0.2, 0) is 0 Å². The number of rotatable bonds is 1. The van der Waals surface area contributed by atoms with Gasteiger partial charge >= 0.3 is 0 Å². The van der Waals surface area contributed by atoms with E-state index in [4.69, 9.17) is 6.57 Å². The van der Waals surface area contributed by atoms with E-state index in [0.717, 1.165) is 16.7 Å². The summed E-state index contributed by atoms with van der Waals surface area (Å²) >= 11 is 0. The van der Waals surface area contributed by atoms with Crippen molar-refractivity contribution < 1.29 is 0 Å². The SMILES string of the molecule is [C-]#[N+]c1cc(C)c(C=C)c(C)c1. The van der Waals surface area contributed by atoms with Crippen LogP contribution in [0.15, 0.2) is 18.7 Å². The first-order valence-corrected chi connectivity index (χ1v) is 3.80. The van der Waals surface area contributed by atoms with Crippen molar-refractivity contribution in [3.63, 3.8) is 0 Å². The average molecular weight is 157 g/mol. The van der Waals surface area contributed by atoms with Gasteiger partial charge < -0.3 is 0 Å². The molecule has 1 heteroatoms. The van der Waals surface area contributed by atoms with Gasteiger partial charge in [0.1, 0.15) is 0 Å². The van der Waals surface area contributed by atoms with E-state index >= 15 is 0 Å². The molecule has 0 amide bonds. The lowest BCUT2D eigenvalue weighted by Gasteiger charge is -2.04. The summed E-state index contributed by atoms with van der Waals surface area (Å²) in [5, 5.41) is 0. The van der Waals surface area contributed by atoms with Crippen LogP contribution in [0, 0.1) is 20.4 Å². The second kappa shape index (κ2) is 3.23. The quantitative estimate of drug-likeness (QED) is 0.549. The second-order valence-electron chi connectivity index (χ2n) is 2.81. The van der Waals surface area contributed by atoms with Crippen molar-refractivity contribution in [1.29, 1.82) is 0 Å². The van der Waals surface area contributed by atoms with E-state index in [0.29, 0.717) is 5.69 Å². The zero-order chi connectivity index (χ0) is 9.14. The van der Waals surface area contributed by atoms with Crippen LogP contribution < -0.4 is 0 Å². The highest BCUT2D eigenvalue weighted by atomic mass is 14.6. The van der Waals surface area contributed by atoms with Gasteiger partial charge in [-0.3, -0.25) is 0 Å². The molecular weight excluding hydrogens is 146 g/mol. The molecule has 0 fully saturated rings. The van der Waals surface area contributed by atoms with Crippen molar-refractivity contribution in [3.8, 4) is 0 Å². The monoisotopic (exact) mass is 157 g/mol. The van der Waals surface area contributed by atoms with Crippen LogP contribution >= 0.6 is 0 Å². The summed E-state index contributed by atoms with van der Waals surface area (Å²) in [5.41, 5.74) is 4.09. The maximum Gasteiger partial charge on any atom is 0.187 e. The first kappa shape index (κ1) is 8.55. The van der Waals surface area contributed by atoms with Crippen LogP contribution in [0.5, 0.6) is 0 Å². The number of benzene rings is 1. The zero-order valence-electron chi connectivity index (χ0n) is 7.39. The highest BCUT2D eigenvalue weighted by Gasteiger charge is 2.00. The Kier molecular flexibility index (Phi) is 2.30.